The number of carbonyl (C=O) groups excluding carboxylic acids is 2. The van der Waals surface area contributed by atoms with E-state index in [0.717, 1.165) is 29.7 Å². The van der Waals surface area contributed by atoms with Crippen LogP contribution in [0.5, 0.6) is 0 Å². The fourth-order valence-corrected chi connectivity index (χ4v) is 3.47. The molecule has 1 aliphatic heterocycles. The molecule has 148 valence electrons. The Morgan fingerprint density at radius 3 is 2.79 bits per heavy atom. The van der Waals surface area contributed by atoms with Crippen molar-refractivity contribution >= 4 is 17.6 Å². The quantitative estimate of drug-likeness (QED) is 0.826. The average molecular weight is 383 g/mol. The van der Waals surface area contributed by atoms with Gasteiger partial charge in [0.05, 0.1) is 5.92 Å². The SMILES string of the molecule is Cc1cccc(NC(=O)N2CCCC(C(=O)NCCc3cccc(F)c3)C2)c1. The standard InChI is InChI=1S/C22H26FN3O2/c1-16-5-2-9-20(13-16)25-22(28)26-12-4-7-18(15-26)21(27)24-11-10-17-6-3-8-19(23)14-17/h2-3,5-6,8-9,13-14,18H,4,7,10-12,15H2,1H3,(H,24,27)(H,25,28). The lowest BCUT2D eigenvalue weighted by Gasteiger charge is -2.32. The summed E-state index contributed by atoms with van der Waals surface area (Å²) >= 11 is 0. The maximum atomic E-state index is 13.2. The lowest BCUT2D eigenvalue weighted by Crippen LogP contribution is -2.47. The second kappa shape index (κ2) is 9.35. The summed E-state index contributed by atoms with van der Waals surface area (Å²) in [6.45, 7) is 3.48. The second-order valence-electron chi connectivity index (χ2n) is 7.26. The van der Waals surface area contributed by atoms with Crippen molar-refractivity contribution in [1.29, 1.82) is 0 Å². The first-order chi connectivity index (χ1) is 13.5. The molecular formula is C22H26FN3O2. The highest BCUT2D eigenvalue weighted by Gasteiger charge is 2.28. The van der Waals surface area contributed by atoms with Gasteiger partial charge in [-0.15, -0.1) is 0 Å². The maximum absolute atomic E-state index is 13.2. The Kier molecular flexibility index (Phi) is 6.63. The molecule has 1 saturated heterocycles. The molecule has 0 aliphatic carbocycles. The number of hydrogen-bond donors (Lipinski definition) is 2. The van der Waals surface area contributed by atoms with Crippen molar-refractivity contribution in [2.24, 2.45) is 5.92 Å². The van der Waals surface area contributed by atoms with Crippen LogP contribution in [0.25, 0.3) is 0 Å². The van der Waals surface area contributed by atoms with Crippen LogP contribution in [0.15, 0.2) is 48.5 Å². The summed E-state index contributed by atoms with van der Waals surface area (Å²) in [7, 11) is 0. The van der Waals surface area contributed by atoms with Crippen molar-refractivity contribution in [1.82, 2.24) is 10.2 Å². The Hall–Kier alpha value is -2.89. The number of nitrogens with one attached hydrogen (secondary N) is 2. The number of likely N-dealkylation sites (tertiary alicyclic amines) is 1. The zero-order valence-electron chi connectivity index (χ0n) is 16.1. The number of hydrogen-bond acceptors (Lipinski definition) is 2. The molecule has 0 aromatic heterocycles. The first-order valence-electron chi connectivity index (χ1n) is 9.66. The lowest BCUT2D eigenvalue weighted by atomic mass is 9.97. The fraction of sp³-hybridized carbons (Fsp3) is 0.364. The number of nitrogens with zero attached hydrogens (tertiary/aromatic N) is 1. The van der Waals surface area contributed by atoms with Crippen LogP contribution in [0.1, 0.15) is 24.0 Å². The van der Waals surface area contributed by atoms with Gasteiger partial charge in [-0.25, -0.2) is 9.18 Å². The number of piperidine rings is 1. The number of benzene rings is 2. The molecular weight excluding hydrogens is 357 g/mol. The third-order valence-electron chi connectivity index (χ3n) is 4.95. The largest absolute Gasteiger partial charge is 0.355 e. The highest BCUT2D eigenvalue weighted by atomic mass is 19.1. The zero-order valence-corrected chi connectivity index (χ0v) is 16.1. The van der Waals surface area contributed by atoms with Crippen LogP contribution >= 0.6 is 0 Å². The minimum absolute atomic E-state index is 0.0514. The van der Waals surface area contributed by atoms with Crippen LogP contribution in [0, 0.1) is 18.7 Å². The van der Waals surface area contributed by atoms with Gasteiger partial charge in [0, 0.05) is 25.3 Å². The summed E-state index contributed by atoms with van der Waals surface area (Å²) in [6.07, 6.45) is 2.14. The Bertz CT molecular complexity index is 840. The van der Waals surface area contributed by atoms with Crippen molar-refractivity contribution in [3.8, 4) is 0 Å². The molecule has 2 aromatic carbocycles. The van der Waals surface area contributed by atoms with Gasteiger partial charge >= 0.3 is 6.03 Å². The van der Waals surface area contributed by atoms with E-state index in [1.54, 1.807) is 11.0 Å². The van der Waals surface area contributed by atoms with E-state index in [-0.39, 0.29) is 23.7 Å². The van der Waals surface area contributed by atoms with E-state index in [1.807, 2.05) is 37.3 Å². The van der Waals surface area contributed by atoms with Gasteiger partial charge in [0.25, 0.3) is 0 Å². The Labute approximate surface area is 164 Å². The summed E-state index contributed by atoms with van der Waals surface area (Å²) in [5.74, 6) is -0.541. The molecule has 0 spiro atoms. The number of rotatable bonds is 5. The highest BCUT2D eigenvalue weighted by molar-refractivity contribution is 5.90. The molecule has 2 aromatic rings. The third-order valence-corrected chi connectivity index (χ3v) is 4.95. The van der Waals surface area contributed by atoms with E-state index in [4.69, 9.17) is 0 Å². The molecule has 1 unspecified atom stereocenters. The van der Waals surface area contributed by atoms with Gasteiger partial charge in [0.2, 0.25) is 5.91 Å². The summed E-state index contributed by atoms with van der Waals surface area (Å²) in [5, 5.41) is 5.82. The Balaban J connectivity index is 1.48. The Morgan fingerprint density at radius 2 is 2.00 bits per heavy atom. The van der Waals surface area contributed by atoms with Gasteiger partial charge in [-0.2, -0.15) is 0 Å². The first-order valence-corrected chi connectivity index (χ1v) is 9.66. The molecule has 1 fully saturated rings. The molecule has 6 heteroatoms. The first kappa shape index (κ1) is 19.9. The lowest BCUT2D eigenvalue weighted by molar-refractivity contribution is -0.126. The minimum Gasteiger partial charge on any atom is -0.355 e. The van der Waals surface area contributed by atoms with E-state index in [2.05, 4.69) is 10.6 Å². The fourth-order valence-electron chi connectivity index (χ4n) is 3.47. The maximum Gasteiger partial charge on any atom is 0.321 e. The molecule has 3 amide bonds. The zero-order chi connectivity index (χ0) is 19.9. The summed E-state index contributed by atoms with van der Waals surface area (Å²) in [4.78, 5) is 26.7. The van der Waals surface area contributed by atoms with Crippen LogP contribution < -0.4 is 10.6 Å². The van der Waals surface area contributed by atoms with Crippen molar-refractivity contribution in [3.05, 3.63) is 65.5 Å². The van der Waals surface area contributed by atoms with E-state index in [1.165, 1.54) is 12.1 Å². The van der Waals surface area contributed by atoms with Crippen LogP contribution in [0.4, 0.5) is 14.9 Å². The molecule has 0 bridgehead atoms. The number of halogens is 1. The molecule has 28 heavy (non-hydrogen) atoms. The third kappa shape index (κ3) is 5.55. The number of anilines is 1. The van der Waals surface area contributed by atoms with E-state index in [0.29, 0.717) is 26.1 Å². The van der Waals surface area contributed by atoms with Gasteiger partial charge in [-0.3, -0.25) is 4.79 Å². The molecule has 0 saturated carbocycles. The van der Waals surface area contributed by atoms with Crippen molar-refractivity contribution in [2.45, 2.75) is 26.2 Å². The summed E-state index contributed by atoms with van der Waals surface area (Å²) in [6, 6.07) is 13.8. The molecule has 3 rings (SSSR count). The van der Waals surface area contributed by atoms with Crippen molar-refractivity contribution in [3.63, 3.8) is 0 Å². The van der Waals surface area contributed by atoms with Gasteiger partial charge in [-0.1, -0.05) is 24.3 Å². The number of carbonyl (C=O) groups is 2. The van der Waals surface area contributed by atoms with Gasteiger partial charge in [-0.05, 0) is 61.6 Å². The molecule has 1 aliphatic rings. The number of aryl methyl sites for hydroxylation is 1. The van der Waals surface area contributed by atoms with Crippen LogP contribution in [-0.4, -0.2) is 36.5 Å². The van der Waals surface area contributed by atoms with Crippen LogP contribution in [0.2, 0.25) is 0 Å². The molecule has 0 radical (unpaired) electrons. The molecule has 2 N–H and O–H groups in total. The van der Waals surface area contributed by atoms with E-state index >= 15 is 0 Å². The van der Waals surface area contributed by atoms with Gasteiger partial charge < -0.3 is 15.5 Å². The number of amides is 3. The van der Waals surface area contributed by atoms with E-state index in [9.17, 15) is 14.0 Å². The summed E-state index contributed by atoms with van der Waals surface area (Å²) in [5.41, 5.74) is 2.68. The van der Waals surface area contributed by atoms with Crippen molar-refractivity contribution in [2.75, 3.05) is 25.0 Å². The molecule has 5 nitrogen and oxygen atoms in total. The minimum atomic E-state index is -0.272. The van der Waals surface area contributed by atoms with Crippen LogP contribution in [0.3, 0.4) is 0 Å². The van der Waals surface area contributed by atoms with Gasteiger partial charge in [0.1, 0.15) is 5.82 Å². The second-order valence-corrected chi connectivity index (χ2v) is 7.26. The topological polar surface area (TPSA) is 61.4 Å². The molecule has 1 heterocycles. The highest BCUT2D eigenvalue weighted by Crippen LogP contribution is 2.18. The molecule has 1 atom stereocenters. The smallest absolute Gasteiger partial charge is 0.321 e. The summed E-state index contributed by atoms with van der Waals surface area (Å²) < 4.78 is 13.2. The van der Waals surface area contributed by atoms with Crippen molar-refractivity contribution < 1.29 is 14.0 Å². The van der Waals surface area contributed by atoms with E-state index < -0.39 is 0 Å². The normalized spacial score (nSPS) is 16.5. The Morgan fingerprint density at radius 1 is 1.18 bits per heavy atom. The predicted molar refractivity (Wildman–Crippen MR) is 108 cm³/mol. The number of urea groups is 1. The average Bonchev–Trinajstić information content (AvgIpc) is 2.68. The van der Waals surface area contributed by atoms with Crippen LogP contribution in [-0.2, 0) is 11.2 Å². The van der Waals surface area contributed by atoms with Gasteiger partial charge in [0.15, 0.2) is 0 Å². The predicted octanol–water partition coefficient (Wildman–Crippen LogP) is 3.74. The monoisotopic (exact) mass is 383 g/mol.